The summed E-state index contributed by atoms with van der Waals surface area (Å²) in [4.78, 5) is 0. The van der Waals surface area contributed by atoms with Gasteiger partial charge in [0.05, 0.1) is 7.11 Å². The van der Waals surface area contributed by atoms with Crippen LogP contribution < -0.4 is 4.74 Å². The molecule has 17 heavy (non-hydrogen) atoms. The molecule has 0 amide bonds. The summed E-state index contributed by atoms with van der Waals surface area (Å²) < 4.78 is 32.5. The van der Waals surface area contributed by atoms with Gasteiger partial charge in [-0.05, 0) is 24.3 Å². The van der Waals surface area contributed by atoms with Gasteiger partial charge in [0.15, 0.2) is 0 Å². The standard InChI is InChI=1S/C13H9BrF2O/c1-17-13-7-9(15)3-5-11(13)10-4-2-8(14)6-12(10)16/h2-7H,1H3. The van der Waals surface area contributed by atoms with Crippen LogP contribution in [-0.4, -0.2) is 7.11 Å². The second-order valence-electron chi connectivity index (χ2n) is 3.47. The van der Waals surface area contributed by atoms with Gasteiger partial charge in [0.2, 0.25) is 0 Å². The highest BCUT2D eigenvalue weighted by atomic mass is 79.9. The maximum absolute atomic E-state index is 13.8. The SMILES string of the molecule is COc1cc(F)ccc1-c1ccc(Br)cc1F. The van der Waals surface area contributed by atoms with E-state index in [2.05, 4.69) is 15.9 Å². The summed E-state index contributed by atoms with van der Waals surface area (Å²) in [7, 11) is 1.43. The highest BCUT2D eigenvalue weighted by Gasteiger charge is 2.11. The molecule has 0 spiro atoms. The van der Waals surface area contributed by atoms with Gasteiger partial charge in [0, 0.05) is 21.7 Å². The first-order valence-electron chi connectivity index (χ1n) is 4.91. The predicted octanol–water partition coefficient (Wildman–Crippen LogP) is 4.40. The average Bonchev–Trinajstić information content (AvgIpc) is 2.30. The number of halogens is 3. The number of rotatable bonds is 2. The lowest BCUT2D eigenvalue weighted by Gasteiger charge is -2.09. The van der Waals surface area contributed by atoms with Crippen molar-refractivity contribution in [1.82, 2.24) is 0 Å². The van der Waals surface area contributed by atoms with E-state index in [4.69, 9.17) is 4.74 Å². The molecule has 0 unspecified atom stereocenters. The summed E-state index contributed by atoms with van der Waals surface area (Å²) in [6, 6.07) is 8.71. The maximum Gasteiger partial charge on any atom is 0.132 e. The molecule has 0 atom stereocenters. The van der Waals surface area contributed by atoms with Crippen molar-refractivity contribution in [2.24, 2.45) is 0 Å². The van der Waals surface area contributed by atoms with Crippen LogP contribution in [0.2, 0.25) is 0 Å². The van der Waals surface area contributed by atoms with Crippen LogP contribution in [0.5, 0.6) is 5.75 Å². The average molecular weight is 299 g/mol. The fourth-order valence-corrected chi connectivity index (χ4v) is 1.93. The van der Waals surface area contributed by atoms with Gasteiger partial charge in [0.1, 0.15) is 17.4 Å². The van der Waals surface area contributed by atoms with Gasteiger partial charge in [-0.1, -0.05) is 22.0 Å². The van der Waals surface area contributed by atoms with Crippen LogP contribution >= 0.6 is 15.9 Å². The van der Waals surface area contributed by atoms with Gasteiger partial charge in [-0.3, -0.25) is 0 Å². The summed E-state index contributed by atoms with van der Waals surface area (Å²) in [5.74, 6) is -0.487. The van der Waals surface area contributed by atoms with Gasteiger partial charge in [-0.25, -0.2) is 8.78 Å². The van der Waals surface area contributed by atoms with E-state index in [9.17, 15) is 8.78 Å². The van der Waals surface area contributed by atoms with E-state index < -0.39 is 5.82 Å². The zero-order valence-corrected chi connectivity index (χ0v) is 10.6. The Labute approximate surface area is 106 Å². The number of benzene rings is 2. The van der Waals surface area contributed by atoms with Crippen molar-refractivity contribution in [2.75, 3.05) is 7.11 Å². The van der Waals surface area contributed by atoms with Gasteiger partial charge in [-0.15, -0.1) is 0 Å². The van der Waals surface area contributed by atoms with Crippen LogP contribution in [0.15, 0.2) is 40.9 Å². The van der Waals surface area contributed by atoms with E-state index in [0.29, 0.717) is 21.3 Å². The van der Waals surface area contributed by atoms with E-state index >= 15 is 0 Å². The van der Waals surface area contributed by atoms with E-state index in [1.165, 1.54) is 31.4 Å². The predicted molar refractivity (Wildman–Crippen MR) is 66.0 cm³/mol. The molecule has 2 rings (SSSR count). The molecule has 0 saturated carbocycles. The second kappa shape index (κ2) is 4.84. The third-order valence-electron chi connectivity index (χ3n) is 2.38. The molecule has 0 heterocycles. The summed E-state index contributed by atoms with van der Waals surface area (Å²) in [5.41, 5.74) is 0.906. The van der Waals surface area contributed by atoms with Crippen LogP contribution in [0.3, 0.4) is 0 Å². The second-order valence-corrected chi connectivity index (χ2v) is 4.38. The highest BCUT2D eigenvalue weighted by Crippen LogP contribution is 2.33. The van der Waals surface area contributed by atoms with Crippen molar-refractivity contribution >= 4 is 15.9 Å². The molecule has 1 nitrogen and oxygen atoms in total. The van der Waals surface area contributed by atoms with Gasteiger partial charge >= 0.3 is 0 Å². The summed E-state index contributed by atoms with van der Waals surface area (Å²) in [6.07, 6.45) is 0. The fourth-order valence-electron chi connectivity index (χ4n) is 1.60. The molecule has 2 aromatic rings. The monoisotopic (exact) mass is 298 g/mol. The third-order valence-corrected chi connectivity index (χ3v) is 2.88. The van der Waals surface area contributed by atoms with E-state index in [-0.39, 0.29) is 5.82 Å². The molecule has 0 aliphatic heterocycles. The molecule has 0 aliphatic carbocycles. The number of hydrogen-bond acceptors (Lipinski definition) is 1. The minimum Gasteiger partial charge on any atom is -0.496 e. The van der Waals surface area contributed by atoms with E-state index in [1.807, 2.05) is 0 Å². The van der Waals surface area contributed by atoms with Crippen LogP contribution in [0, 0.1) is 11.6 Å². The van der Waals surface area contributed by atoms with Crippen LogP contribution in [0.4, 0.5) is 8.78 Å². The minimum absolute atomic E-state index is 0.311. The lowest BCUT2D eigenvalue weighted by atomic mass is 10.0. The molecule has 0 aliphatic rings. The Morgan fingerprint density at radius 3 is 2.35 bits per heavy atom. The quantitative estimate of drug-likeness (QED) is 0.798. The number of methoxy groups -OCH3 is 1. The Morgan fingerprint density at radius 2 is 1.71 bits per heavy atom. The molecule has 2 aromatic carbocycles. The van der Waals surface area contributed by atoms with E-state index in [1.54, 1.807) is 12.1 Å². The smallest absolute Gasteiger partial charge is 0.132 e. The number of ether oxygens (including phenoxy) is 1. The normalized spacial score (nSPS) is 10.4. The molecule has 0 fully saturated rings. The van der Waals surface area contributed by atoms with Crippen molar-refractivity contribution in [3.8, 4) is 16.9 Å². The van der Waals surface area contributed by atoms with Crippen LogP contribution in [0.1, 0.15) is 0 Å². The van der Waals surface area contributed by atoms with Gasteiger partial charge < -0.3 is 4.74 Å². The first-order chi connectivity index (χ1) is 8.11. The Hall–Kier alpha value is -1.42. The molecule has 0 saturated heterocycles. The molecular formula is C13H9BrF2O. The lowest BCUT2D eigenvalue weighted by Crippen LogP contribution is -1.91. The Kier molecular flexibility index (Phi) is 3.43. The Balaban J connectivity index is 2.60. The van der Waals surface area contributed by atoms with Crippen molar-refractivity contribution < 1.29 is 13.5 Å². The lowest BCUT2D eigenvalue weighted by molar-refractivity contribution is 0.412. The van der Waals surface area contributed by atoms with Crippen molar-refractivity contribution in [3.63, 3.8) is 0 Å². The van der Waals surface area contributed by atoms with Crippen molar-refractivity contribution in [3.05, 3.63) is 52.5 Å². The molecule has 0 N–H and O–H groups in total. The van der Waals surface area contributed by atoms with Gasteiger partial charge in [-0.2, -0.15) is 0 Å². The maximum atomic E-state index is 13.8. The van der Waals surface area contributed by atoms with Crippen LogP contribution in [-0.2, 0) is 0 Å². The molecule has 0 aromatic heterocycles. The highest BCUT2D eigenvalue weighted by molar-refractivity contribution is 9.10. The zero-order chi connectivity index (χ0) is 12.4. The topological polar surface area (TPSA) is 9.23 Å². The molecule has 0 radical (unpaired) electrons. The van der Waals surface area contributed by atoms with Gasteiger partial charge in [0.25, 0.3) is 0 Å². The summed E-state index contributed by atoms with van der Waals surface area (Å²) in [5, 5.41) is 0. The molecular weight excluding hydrogens is 290 g/mol. The number of hydrogen-bond donors (Lipinski definition) is 0. The fraction of sp³-hybridized carbons (Fsp3) is 0.0769. The van der Waals surface area contributed by atoms with Crippen LogP contribution in [0.25, 0.3) is 11.1 Å². The molecule has 88 valence electrons. The molecule has 4 heteroatoms. The first kappa shape index (κ1) is 12.0. The largest absolute Gasteiger partial charge is 0.496 e. The summed E-state index contributed by atoms with van der Waals surface area (Å²) in [6.45, 7) is 0. The van der Waals surface area contributed by atoms with Crippen molar-refractivity contribution in [1.29, 1.82) is 0 Å². The minimum atomic E-state index is -0.414. The van der Waals surface area contributed by atoms with Crippen molar-refractivity contribution in [2.45, 2.75) is 0 Å². The molecule has 0 bridgehead atoms. The van der Waals surface area contributed by atoms with E-state index in [0.717, 1.165) is 0 Å². The third kappa shape index (κ3) is 2.47. The Bertz CT molecular complexity index is 555. The summed E-state index contributed by atoms with van der Waals surface area (Å²) >= 11 is 3.18. The zero-order valence-electron chi connectivity index (χ0n) is 9.01. The Morgan fingerprint density at radius 1 is 1.00 bits per heavy atom. The first-order valence-corrected chi connectivity index (χ1v) is 5.70.